The molecule has 0 fully saturated rings. The second-order valence-electron chi connectivity index (χ2n) is 7.75. The predicted octanol–water partition coefficient (Wildman–Crippen LogP) is 5.80. The molecule has 154 valence electrons. The van der Waals surface area contributed by atoms with Gasteiger partial charge in [-0.25, -0.2) is 0 Å². The summed E-state index contributed by atoms with van der Waals surface area (Å²) in [6, 6.07) is 19.9. The first-order valence-corrected chi connectivity index (χ1v) is 9.70. The predicted molar refractivity (Wildman–Crippen MR) is 115 cm³/mol. The Morgan fingerprint density at radius 3 is 1.43 bits per heavy atom. The van der Waals surface area contributed by atoms with E-state index in [1.54, 1.807) is 0 Å². The first-order valence-electron chi connectivity index (χ1n) is 9.70. The lowest BCUT2D eigenvalue weighted by molar-refractivity contribution is -0.137. The van der Waals surface area contributed by atoms with Crippen LogP contribution in [0.4, 0.5) is 47.3 Å². The number of para-hydroxylation sites is 4. The molecule has 7 heteroatoms. The quantitative estimate of drug-likeness (QED) is 0.530. The molecular formula is C23H21F3N4. The molecule has 0 spiro atoms. The van der Waals surface area contributed by atoms with Gasteiger partial charge in [-0.2, -0.15) is 13.2 Å². The van der Waals surface area contributed by atoms with Crippen LogP contribution in [0.5, 0.6) is 0 Å². The molecule has 5 rings (SSSR count). The first kappa shape index (κ1) is 18.7. The lowest BCUT2D eigenvalue weighted by atomic mass is 10.1. The van der Waals surface area contributed by atoms with Crippen molar-refractivity contribution in [3.05, 3.63) is 72.3 Å². The summed E-state index contributed by atoms with van der Waals surface area (Å²) in [6.45, 7) is 0.993. The molecule has 0 bridgehead atoms. The molecule has 0 amide bonds. The Labute approximate surface area is 173 Å². The minimum atomic E-state index is -4.43. The number of benzene rings is 3. The molecule has 30 heavy (non-hydrogen) atoms. The van der Waals surface area contributed by atoms with E-state index in [1.807, 2.05) is 88.3 Å². The van der Waals surface area contributed by atoms with Crippen LogP contribution in [0.25, 0.3) is 0 Å². The molecule has 2 heterocycles. The van der Waals surface area contributed by atoms with E-state index in [0.717, 1.165) is 22.7 Å². The maximum Gasteiger partial charge on any atom is 0.416 e. The van der Waals surface area contributed by atoms with E-state index in [2.05, 4.69) is 0 Å². The minimum absolute atomic E-state index is 0.497. The van der Waals surface area contributed by atoms with Crippen molar-refractivity contribution in [3.8, 4) is 0 Å². The highest BCUT2D eigenvalue weighted by Crippen LogP contribution is 2.46. The van der Waals surface area contributed by atoms with Gasteiger partial charge in [0.25, 0.3) is 0 Å². The van der Waals surface area contributed by atoms with Crippen LogP contribution < -0.4 is 19.6 Å². The van der Waals surface area contributed by atoms with E-state index in [9.17, 15) is 13.2 Å². The van der Waals surface area contributed by atoms with E-state index >= 15 is 0 Å². The Hall–Kier alpha value is -3.35. The Morgan fingerprint density at radius 1 is 0.633 bits per heavy atom. The number of hydrogen-bond acceptors (Lipinski definition) is 4. The number of rotatable bonds is 2. The average Bonchev–Trinajstić information content (AvgIpc) is 3.25. The van der Waals surface area contributed by atoms with Crippen molar-refractivity contribution in [2.24, 2.45) is 0 Å². The molecule has 0 saturated heterocycles. The SMILES string of the molecule is CN1CN(c2cc(N3CN(C)c4ccccc43)cc(C(F)(F)F)c2)c2ccccc21. The van der Waals surface area contributed by atoms with Crippen molar-refractivity contribution >= 4 is 34.1 Å². The molecule has 0 N–H and O–H groups in total. The van der Waals surface area contributed by atoms with Crippen molar-refractivity contribution in [1.82, 2.24) is 0 Å². The third kappa shape index (κ3) is 2.93. The van der Waals surface area contributed by atoms with Crippen LogP contribution in [0.1, 0.15) is 5.56 Å². The number of anilines is 6. The van der Waals surface area contributed by atoms with Gasteiger partial charge in [0.1, 0.15) is 0 Å². The average molecular weight is 410 g/mol. The van der Waals surface area contributed by atoms with E-state index < -0.39 is 11.7 Å². The monoisotopic (exact) mass is 410 g/mol. The van der Waals surface area contributed by atoms with Crippen LogP contribution in [-0.4, -0.2) is 27.4 Å². The van der Waals surface area contributed by atoms with Crippen molar-refractivity contribution in [2.45, 2.75) is 6.18 Å². The summed E-state index contributed by atoms with van der Waals surface area (Å²) in [4.78, 5) is 7.93. The van der Waals surface area contributed by atoms with Crippen molar-refractivity contribution in [3.63, 3.8) is 0 Å². The van der Waals surface area contributed by atoms with Gasteiger partial charge in [0, 0.05) is 25.5 Å². The molecule has 0 saturated carbocycles. The van der Waals surface area contributed by atoms with Crippen molar-refractivity contribution in [1.29, 1.82) is 0 Å². The summed E-state index contributed by atoms with van der Waals surface area (Å²) in [5.74, 6) is 0. The van der Waals surface area contributed by atoms with Gasteiger partial charge < -0.3 is 19.6 Å². The lowest BCUT2D eigenvalue weighted by Crippen LogP contribution is -2.26. The smallest absolute Gasteiger partial charge is 0.355 e. The zero-order valence-corrected chi connectivity index (χ0v) is 16.7. The zero-order chi connectivity index (χ0) is 21.0. The maximum absolute atomic E-state index is 13.8. The molecule has 3 aromatic carbocycles. The van der Waals surface area contributed by atoms with Crippen molar-refractivity contribution in [2.75, 3.05) is 47.0 Å². The molecule has 2 aliphatic rings. The highest BCUT2D eigenvalue weighted by atomic mass is 19.4. The Morgan fingerprint density at radius 2 is 1.03 bits per heavy atom. The molecule has 0 aliphatic carbocycles. The molecule has 0 aromatic heterocycles. The number of halogens is 3. The van der Waals surface area contributed by atoms with Gasteiger partial charge in [-0.15, -0.1) is 0 Å². The third-order valence-corrected chi connectivity index (χ3v) is 5.73. The van der Waals surface area contributed by atoms with Crippen LogP contribution >= 0.6 is 0 Å². The first-order chi connectivity index (χ1) is 14.3. The molecule has 4 nitrogen and oxygen atoms in total. The van der Waals surface area contributed by atoms with Crippen LogP contribution in [0.2, 0.25) is 0 Å². The fourth-order valence-corrected chi connectivity index (χ4v) is 4.27. The molecule has 0 atom stereocenters. The molecule has 0 radical (unpaired) electrons. The Kier molecular flexibility index (Phi) is 4.10. The Balaban J connectivity index is 1.64. The van der Waals surface area contributed by atoms with Crippen LogP contribution in [0, 0.1) is 0 Å². The molecule has 3 aromatic rings. The van der Waals surface area contributed by atoms with E-state index in [4.69, 9.17) is 0 Å². The highest BCUT2D eigenvalue weighted by molar-refractivity contribution is 5.86. The topological polar surface area (TPSA) is 13.0 Å². The summed E-state index contributed by atoms with van der Waals surface area (Å²) in [5, 5.41) is 0. The number of hydrogen-bond donors (Lipinski definition) is 0. The zero-order valence-electron chi connectivity index (χ0n) is 16.7. The fourth-order valence-electron chi connectivity index (χ4n) is 4.27. The van der Waals surface area contributed by atoms with Gasteiger partial charge in [-0.1, -0.05) is 24.3 Å². The normalized spacial score (nSPS) is 15.6. The number of nitrogens with zero attached hydrogens (tertiary/aromatic N) is 4. The molecular weight excluding hydrogens is 389 g/mol. The number of alkyl halides is 3. The third-order valence-electron chi connectivity index (χ3n) is 5.73. The summed E-state index contributed by atoms with van der Waals surface area (Å²) < 4.78 is 41.4. The van der Waals surface area contributed by atoms with Gasteiger partial charge in [0.15, 0.2) is 0 Å². The van der Waals surface area contributed by atoms with Gasteiger partial charge >= 0.3 is 6.18 Å². The molecule has 0 unspecified atom stereocenters. The number of fused-ring (bicyclic) bond motifs is 2. The molecule has 2 aliphatic heterocycles. The summed E-state index contributed by atoms with van der Waals surface area (Å²) in [5.41, 5.74) is 4.24. The summed E-state index contributed by atoms with van der Waals surface area (Å²) >= 11 is 0. The maximum atomic E-state index is 13.8. The van der Waals surface area contributed by atoms with E-state index in [0.29, 0.717) is 24.7 Å². The van der Waals surface area contributed by atoms with Crippen LogP contribution in [0.3, 0.4) is 0 Å². The van der Waals surface area contributed by atoms with Gasteiger partial charge in [0.2, 0.25) is 0 Å². The van der Waals surface area contributed by atoms with Gasteiger partial charge in [0.05, 0.1) is 41.7 Å². The second kappa shape index (κ2) is 6.58. The lowest BCUT2D eigenvalue weighted by Gasteiger charge is -2.25. The fraction of sp³-hybridized carbons (Fsp3) is 0.217. The Bertz CT molecular complexity index is 1030. The van der Waals surface area contributed by atoms with E-state index in [1.165, 1.54) is 12.1 Å². The van der Waals surface area contributed by atoms with E-state index in [-0.39, 0.29) is 0 Å². The minimum Gasteiger partial charge on any atom is -0.355 e. The van der Waals surface area contributed by atoms with Crippen LogP contribution in [-0.2, 0) is 6.18 Å². The highest BCUT2D eigenvalue weighted by Gasteiger charge is 2.35. The second-order valence-corrected chi connectivity index (χ2v) is 7.75. The van der Waals surface area contributed by atoms with Gasteiger partial charge in [-0.05, 0) is 42.5 Å². The van der Waals surface area contributed by atoms with Gasteiger partial charge in [-0.3, -0.25) is 0 Å². The largest absolute Gasteiger partial charge is 0.416 e. The standard InChI is InChI=1S/C23H21F3N4/c1-27-14-29(21-9-5-3-7-19(21)27)17-11-16(23(24,25)26)12-18(13-17)30-15-28(2)20-8-4-6-10-22(20)30/h3-13H,14-15H2,1-2H3. The summed E-state index contributed by atoms with van der Waals surface area (Å²) in [6.07, 6.45) is -4.43. The summed E-state index contributed by atoms with van der Waals surface area (Å²) in [7, 11) is 3.89. The van der Waals surface area contributed by atoms with Crippen molar-refractivity contribution < 1.29 is 13.2 Å². The van der Waals surface area contributed by atoms with Crippen LogP contribution in [0.15, 0.2) is 66.7 Å².